The second kappa shape index (κ2) is 7.40. The van der Waals surface area contributed by atoms with Crippen LogP contribution in [0.3, 0.4) is 0 Å². The SMILES string of the molecule is CCC(CCc1ccc(C)cc1)(Cc1cccc(C)n1)C(=O)O. The van der Waals surface area contributed by atoms with Gasteiger partial charge in [0.15, 0.2) is 0 Å². The first-order chi connectivity index (χ1) is 10.9. The van der Waals surface area contributed by atoms with E-state index in [2.05, 4.69) is 36.2 Å². The van der Waals surface area contributed by atoms with E-state index in [-0.39, 0.29) is 0 Å². The quantitative estimate of drug-likeness (QED) is 0.826. The Bertz CT molecular complexity index is 664. The minimum Gasteiger partial charge on any atom is -0.481 e. The first kappa shape index (κ1) is 17.2. The van der Waals surface area contributed by atoms with E-state index in [1.807, 2.05) is 32.0 Å². The van der Waals surface area contributed by atoms with Crippen LogP contribution in [0.2, 0.25) is 0 Å². The van der Waals surface area contributed by atoms with Gasteiger partial charge in [-0.3, -0.25) is 9.78 Å². The van der Waals surface area contributed by atoms with Crippen molar-refractivity contribution in [1.82, 2.24) is 4.98 Å². The van der Waals surface area contributed by atoms with Crippen LogP contribution in [0.1, 0.15) is 42.3 Å². The van der Waals surface area contributed by atoms with Crippen LogP contribution >= 0.6 is 0 Å². The molecule has 0 aliphatic carbocycles. The molecule has 23 heavy (non-hydrogen) atoms. The van der Waals surface area contributed by atoms with Crippen LogP contribution < -0.4 is 0 Å². The van der Waals surface area contributed by atoms with Gasteiger partial charge in [-0.1, -0.05) is 42.8 Å². The summed E-state index contributed by atoms with van der Waals surface area (Å²) in [6.45, 7) is 5.95. The first-order valence-electron chi connectivity index (χ1n) is 8.17. The molecule has 0 amide bonds. The maximum Gasteiger partial charge on any atom is 0.310 e. The molecule has 2 rings (SSSR count). The fraction of sp³-hybridized carbons (Fsp3) is 0.400. The average Bonchev–Trinajstić information content (AvgIpc) is 2.53. The summed E-state index contributed by atoms with van der Waals surface area (Å²) in [4.78, 5) is 16.5. The maximum atomic E-state index is 12.0. The molecule has 1 aromatic carbocycles. The number of aryl methyl sites for hydroxylation is 3. The zero-order valence-electron chi connectivity index (χ0n) is 14.2. The molecule has 0 aliphatic heterocycles. The van der Waals surface area contributed by atoms with Crippen LogP contribution in [-0.4, -0.2) is 16.1 Å². The molecule has 1 atom stereocenters. The lowest BCUT2D eigenvalue weighted by atomic mass is 9.76. The number of nitrogens with zero attached hydrogens (tertiary/aromatic N) is 1. The summed E-state index contributed by atoms with van der Waals surface area (Å²) in [5.41, 5.74) is 3.44. The number of carbonyl (C=O) groups is 1. The standard InChI is InChI=1S/C20H25NO2/c1-4-20(19(22)23,14-18-7-5-6-16(3)21-18)13-12-17-10-8-15(2)9-11-17/h5-11H,4,12-14H2,1-3H3,(H,22,23). The molecule has 3 nitrogen and oxygen atoms in total. The number of rotatable bonds is 7. The molecule has 0 saturated heterocycles. The third-order valence-corrected chi connectivity index (χ3v) is 4.61. The lowest BCUT2D eigenvalue weighted by Crippen LogP contribution is -2.33. The minimum absolute atomic E-state index is 0.479. The lowest BCUT2D eigenvalue weighted by Gasteiger charge is -2.28. The first-order valence-corrected chi connectivity index (χ1v) is 8.17. The molecule has 0 saturated carbocycles. The van der Waals surface area contributed by atoms with E-state index < -0.39 is 11.4 Å². The van der Waals surface area contributed by atoms with Crippen LogP contribution in [0.5, 0.6) is 0 Å². The fourth-order valence-corrected chi connectivity index (χ4v) is 2.91. The second-order valence-electron chi connectivity index (χ2n) is 6.37. The van der Waals surface area contributed by atoms with Crippen molar-refractivity contribution in [1.29, 1.82) is 0 Å². The van der Waals surface area contributed by atoms with E-state index in [1.54, 1.807) is 0 Å². The Balaban J connectivity index is 2.17. The molecule has 0 spiro atoms. The van der Waals surface area contributed by atoms with Crippen molar-refractivity contribution in [3.05, 3.63) is 65.0 Å². The molecule has 3 heteroatoms. The molecule has 0 bridgehead atoms. The van der Waals surface area contributed by atoms with E-state index in [0.29, 0.717) is 19.3 Å². The molecule has 1 N–H and O–H groups in total. The number of pyridine rings is 1. The molecular weight excluding hydrogens is 286 g/mol. The van der Waals surface area contributed by atoms with Gasteiger partial charge < -0.3 is 5.11 Å². The van der Waals surface area contributed by atoms with Gasteiger partial charge in [0, 0.05) is 17.8 Å². The summed E-state index contributed by atoms with van der Waals surface area (Å²) in [6, 6.07) is 14.1. The van der Waals surface area contributed by atoms with Crippen LogP contribution in [0.15, 0.2) is 42.5 Å². The minimum atomic E-state index is -0.758. The molecule has 1 aromatic heterocycles. The number of benzene rings is 1. The Hall–Kier alpha value is -2.16. The number of aliphatic carboxylic acids is 1. The predicted octanol–water partition coefficient (Wildman–Crippen LogP) is 4.35. The highest BCUT2D eigenvalue weighted by Gasteiger charge is 2.36. The summed E-state index contributed by atoms with van der Waals surface area (Å²) in [5.74, 6) is -0.726. The second-order valence-corrected chi connectivity index (χ2v) is 6.37. The fourth-order valence-electron chi connectivity index (χ4n) is 2.91. The number of carboxylic acids is 1. The van der Waals surface area contributed by atoms with Crippen LogP contribution in [-0.2, 0) is 17.6 Å². The zero-order valence-corrected chi connectivity index (χ0v) is 14.2. The summed E-state index contributed by atoms with van der Waals surface area (Å²) in [7, 11) is 0. The van der Waals surface area contributed by atoms with Gasteiger partial charge in [-0.05, 0) is 50.8 Å². The number of aromatic nitrogens is 1. The van der Waals surface area contributed by atoms with Crippen molar-refractivity contribution >= 4 is 5.97 Å². The summed E-state index contributed by atoms with van der Waals surface area (Å²) in [5, 5.41) is 9.85. The van der Waals surface area contributed by atoms with Crippen molar-refractivity contribution in [3.8, 4) is 0 Å². The van der Waals surface area contributed by atoms with Crippen LogP contribution in [0.25, 0.3) is 0 Å². The van der Waals surface area contributed by atoms with E-state index in [1.165, 1.54) is 11.1 Å². The summed E-state index contributed by atoms with van der Waals surface area (Å²) < 4.78 is 0. The molecule has 1 heterocycles. The largest absolute Gasteiger partial charge is 0.481 e. The predicted molar refractivity (Wildman–Crippen MR) is 92.5 cm³/mol. The third-order valence-electron chi connectivity index (χ3n) is 4.61. The van der Waals surface area contributed by atoms with E-state index >= 15 is 0 Å². The highest BCUT2D eigenvalue weighted by Crippen LogP contribution is 2.33. The van der Waals surface area contributed by atoms with Gasteiger partial charge >= 0.3 is 5.97 Å². The molecule has 2 aromatic rings. The van der Waals surface area contributed by atoms with Crippen molar-refractivity contribution in [3.63, 3.8) is 0 Å². The van der Waals surface area contributed by atoms with Crippen molar-refractivity contribution < 1.29 is 9.90 Å². The Labute approximate surface area is 138 Å². The molecular formula is C20H25NO2. The smallest absolute Gasteiger partial charge is 0.310 e. The lowest BCUT2D eigenvalue weighted by molar-refractivity contribution is -0.149. The number of hydrogen-bond acceptors (Lipinski definition) is 2. The van der Waals surface area contributed by atoms with Gasteiger partial charge in [-0.25, -0.2) is 0 Å². The molecule has 0 fully saturated rings. The number of carboxylic acid groups (broad SMARTS) is 1. The van der Waals surface area contributed by atoms with Gasteiger partial charge in [-0.15, -0.1) is 0 Å². The van der Waals surface area contributed by atoms with Gasteiger partial charge in [0.1, 0.15) is 0 Å². The molecule has 0 aliphatic rings. The van der Waals surface area contributed by atoms with Gasteiger partial charge in [0.05, 0.1) is 5.41 Å². The Kier molecular flexibility index (Phi) is 5.54. The molecule has 1 unspecified atom stereocenters. The topological polar surface area (TPSA) is 50.2 Å². The maximum absolute atomic E-state index is 12.0. The van der Waals surface area contributed by atoms with Gasteiger partial charge in [-0.2, -0.15) is 0 Å². The monoisotopic (exact) mass is 311 g/mol. The van der Waals surface area contributed by atoms with Crippen molar-refractivity contribution in [2.24, 2.45) is 5.41 Å². The zero-order chi connectivity index (χ0) is 16.9. The van der Waals surface area contributed by atoms with Gasteiger partial charge in [0.2, 0.25) is 0 Å². The highest BCUT2D eigenvalue weighted by atomic mass is 16.4. The van der Waals surface area contributed by atoms with E-state index in [4.69, 9.17) is 0 Å². The molecule has 122 valence electrons. The van der Waals surface area contributed by atoms with Crippen LogP contribution in [0.4, 0.5) is 0 Å². The molecule has 0 radical (unpaired) electrons. The Morgan fingerprint density at radius 1 is 1.13 bits per heavy atom. The van der Waals surface area contributed by atoms with Crippen molar-refractivity contribution in [2.45, 2.75) is 46.5 Å². The van der Waals surface area contributed by atoms with Crippen LogP contribution in [0, 0.1) is 19.3 Å². The van der Waals surface area contributed by atoms with E-state index in [0.717, 1.165) is 17.8 Å². The van der Waals surface area contributed by atoms with E-state index in [9.17, 15) is 9.90 Å². The third kappa shape index (κ3) is 4.41. The summed E-state index contributed by atoms with van der Waals surface area (Å²) in [6.07, 6.45) is 2.47. The normalized spacial score (nSPS) is 13.5. The van der Waals surface area contributed by atoms with Crippen molar-refractivity contribution in [2.75, 3.05) is 0 Å². The average molecular weight is 311 g/mol. The Morgan fingerprint density at radius 2 is 1.83 bits per heavy atom. The van der Waals surface area contributed by atoms with Gasteiger partial charge in [0.25, 0.3) is 0 Å². The number of hydrogen-bond donors (Lipinski definition) is 1. The summed E-state index contributed by atoms with van der Waals surface area (Å²) >= 11 is 0. The Morgan fingerprint density at radius 3 is 2.39 bits per heavy atom. The highest BCUT2D eigenvalue weighted by molar-refractivity contribution is 5.75.